The van der Waals surface area contributed by atoms with Crippen molar-refractivity contribution in [2.45, 2.75) is 20.0 Å². The zero-order chi connectivity index (χ0) is 18.7. The molecular weight excluding hydrogens is 335 g/mol. The molecule has 26 heavy (non-hydrogen) atoms. The molecule has 2 aromatic rings. The standard InChI is InChI=1S/C18H19FN6O/c1-12(2)17(23-15-7-8-21-16(11-20)22-15)25-10-9-24(18(25)26)14-5-3-13(19)4-6-14/h3-8,12,17H,9-10H2,1-2H3,(H,21,22,23). The molecule has 134 valence electrons. The second-order valence-corrected chi connectivity index (χ2v) is 6.31. The van der Waals surface area contributed by atoms with Gasteiger partial charge < -0.3 is 10.2 Å². The minimum absolute atomic E-state index is 0.0678. The highest BCUT2D eigenvalue weighted by molar-refractivity contribution is 5.94. The van der Waals surface area contributed by atoms with Crippen LogP contribution in [0.15, 0.2) is 36.5 Å². The fourth-order valence-corrected chi connectivity index (χ4v) is 2.92. The van der Waals surface area contributed by atoms with Gasteiger partial charge in [0.15, 0.2) is 0 Å². The summed E-state index contributed by atoms with van der Waals surface area (Å²) in [5.74, 6) is 0.324. The number of nitrogens with one attached hydrogen (secondary N) is 1. The highest BCUT2D eigenvalue weighted by Gasteiger charge is 2.36. The van der Waals surface area contributed by atoms with Crippen molar-refractivity contribution in [2.75, 3.05) is 23.3 Å². The summed E-state index contributed by atoms with van der Waals surface area (Å²) in [5, 5.41) is 12.2. The lowest BCUT2D eigenvalue weighted by Crippen LogP contribution is -2.47. The molecule has 0 radical (unpaired) electrons. The number of anilines is 2. The van der Waals surface area contributed by atoms with E-state index in [4.69, 9.17) is 5.26 Å². The van der Waals surface area contributed by atoms with Crippen LogP contribution in [0.2, 0.25) is 0 Å². The summed E-state index contributed by atoms with van der Waals surface area (Å²) in [6, 6.07) is 9.28. The summed E-state index contributed by atoms with van der Waals surface area (Å²) in [4.78, 5) is 24.2. The summed E-state index contributed by atoms with van der Waals surface area (Å²) >= 11 is 0. The Morgan fingerprint density at radius 3 is 2.62 bits per heavy atom. The van der Waals surface area contributed by atoms with Gasteiger partial charge in [-0.15, -0.1) is 0 Å². The maximum atomic E-state index is 13.1. The van der Waals surface area contributed by atoms with E-state index in [2.05, 4.69) is 15.3 Å². The van der Waals surface area contributed by atoms with E-state index in [9.17, 15) is 9.18 Å². The average molecular weight is 354 g/mol. The smallest absolute Gasteiger partial charge is 0.326 e. The Labute approximate surface area is 151 Å². The van der Waals surface area contributed by atoms with E-state index in [1.807, 2.05) is 19.9 Å². The molecule has 3 rings (SSSR count). The number of carbonyl (C=O) groups is 1. The van der Waals surface area contributed by atoms with Crippen LogP contribution in [-0.2, 0) is 0 Å². The van der Waals surface area contributed by atoms with Crippen molar-refractivity contribution in [3.8, 4) is 6.07 Å². The fourth-order valence-electron chi connectivity index (χ4n) is 2.92. The third-order valence-corrected chi connectivity index (χ3v) is 4.20. The van der Waals surface area contributed by atoms with Crippen LogP contribution in [0.25, 0.3) is 0 Å². The van der Waals surface area contributed by atoms with Crippen LogP contribution in [0.4, 0.5) is 20.7 Å². The molecular formula is C18H19FN6O. The molecule has 1 aromatic heterocycles. The normalized spacial score (nSPS) is 15.3. The Hall–Kier alpha value is -3.21. The number of aromatic nitrogens is 2. The van der Waals surface area contributed by atoms with Gasteiger partial charge in [-0.25, -0.2) is 19.2 Å². The maximum absolute atomic E-state index is 13.1. The zero-order valence-electron chi connectivity index (χ0n) is 14.6. The summed E-state index contributed by atoms with van der Waals surface area (Å²) in [5.41, 5.74) is 0.662. The topological polar surface area (TPSA) is 85.2 Å². The number of nitriles is 1. The van der Waals surface area contributed by atoms with Gasteiger partial charge in [0.1, 0.15) is 23.9 Å². The number of urea groups is 1. The molecule has 8 heteroatoms. The maximum Gasteiger partial charge on any atom is 0.326 e. The predicted octanol–water partition coefficient (Wildman–Crippen LogP) is 2.82. The first-order chi connectivity index (χ1) is 12.5. The van der Waals surface area contributed by atoms with Gasteiger partial charge >= 0.3 is 6.03 Å². The van der Waals surface area contributed by atoms with Gasteiger partial charge in [0.05, 0.1) is 0 Å². The third-order valence-electron chi connectivity index (χ3n) is 4.20. The van der Waals surface area contributed by atoms with E-state index in [1.165, 1.54) is 18.3 Å². The highest BCUT2D eigenvalue weighted by atomic mass is 19.1. The summed E-state index contributed by atoms with van der Waals surface area (Å²) < 4.78 is 13.1. The Morgan fingerprint density at radius 2 is 1.96 bits per heavy atom. The molecule has 1 aliphatic rings. The molecule has 1 aromatic carbocycles. The summed E-state index contributed by atoms with van der Waals surface area (Å²) in [7, 11) is 0. The van der Waals surface area contributed by atoms with Crippen molar-refractivity contribution >= 4 is 17.5 Å². The van der Waals surface area contributed by atoms with Crippen molar-refractivity contribution in [1.82, 2.24) is 14.9 Å². The molecule has 1 atom stereocenters. The minimum Gasteiger partial charge on any atom is -0.349 e. The summed E-state index contributed by atoms with van der Waals surface area (Å²) in [6.45, 7) is 5.04. The van der Waals surface area contributed by atoms with Crippen molar-refractivity contribution in [1.29, 1.82) is 5.26 Å². The largest absolute Gasteiger partial charge is 0.349 e. The number of rotatable bonds is 5. The Bertz CT molecular complexity index is 832. The summed E-state index contributed by atoms with van der Waals surface area (Å²) in [6.07, 6.45) is 1.21. The van der Waals surface area contributed by atoms with Gasteiger partial charge in [-0.2, -0.15) is 5.26 Å². The third kappa shape index (κ3) is 3.57. The van der Waals surface area contributed by atoms with Crippen LogP contribution in [0, 0.1) is 23.1 Å². The number of hydrogen-bond donors (Lipinski definition) is 1. The second-order valence-electron chi connectivity index (χ2n) is 6.31. The van der Waals surface area contributed by atoms with Gasteiger partial charge in [-0.1, -0.05) is 13.8 Å². The molecule has 7 nitrogen and oxygen atoms in total. The molecule has 1 N–H and O–H groups in total. The van der Waals surface area contributed by atoms with E-state index in [0.717, 1.165) is 0 Å². The van der Waals surface area contributed by atoms with Crippen LogP contribution >= 0.6 is 0 Å². The van der Waals surface area contributed by atoms with Crippen LogP contribution in [0.1, 0.15) is 19.7 Å². The number of carbonyl (C=O) groups excluding carboxylic acids is 1. The van der Waals surface area contributed by atoms with Gasteiger partial charge in [0, 0.05) is 25.0 Å². The van der Waals surface area contributed by atoms with Crippen LogP contribution < -0.4 is 10.2 Å². The van der Waals surface area contributed by atoms with Crippen molar-refractivity contribution in [2.24, 2.45) is 5.92 Å². The van der Waals surface area contributed by atoms with Gasteiger partial charge in [0.25, 0.3) is 0 Å². The quantitative estimate of drug-likeness (QED) is 0.892. The van der Waals surface area contributed by atoms with Crippen molar-refractivity contribution in [3.63, 3.8) is 0 Å². The molecule has 0 aliphatic carbocycles. The average Bonchev–Trinajstić information content (AvgIpc) is 3.01. The van der Waals surface area contributed by atoms with Crippen molar-refractivity contribution in [3.05, 3.63) is 48.2 Å². The molecule has 2 amide bonds. The number of hydrogen-bond acceptors (Lipinski definition) is 5. The van der Waals surface area contributed by atoms with Crippen LogP contribution in [-0.4, -0.2) is 40.2 Å². The molecule has 1 fully saturated rings. The number of amides is 2. The minimum atomic E-state index is -0.337. The molecule has 0 bridgehead atoms. The van der Waals surface area contributed by atoms with E-state index >= 15 is 0 Å². The van der Waals surface area contributed by atoms with Gasteiger partial charge in [-0.3, -0.25) is 4.90 Å². The lowest BCUT2D eigenvalue weighted by molar-refractivity contribution is 0.191. The first kappa shape index (κ1) is 17.6. The van der Waals surface area contributed by atoms with E-state index in [0.29, 0.717) is 24.6 Å². The van der Waals surface area contributed by atoms with Crippen LogP contribution in [0.3, 0.4) is 0 Å². The molecule has 0 saturated carbocycles. The Balaban J connectivity index is 1.79. The monoisotopic (exact) mass is 354 g/mol. The Morgan fingerprint density at radius 1 is 1.23 bits per heavy atom. The molecule has 1 aliphatic heterocycles. The lowest BCUT2D eigenvalue weighted by Gasteiger charge is -2.32. The predicted molar refractivity (Wildman–Crippen MR) is 94.8 cm³/mol. The SMILES string of the molecule is CC(C)C(Nc1ccnc(C#N)n1)N1CCN(c2ccc(F)cc2)C1=O. The molecule has 2 heterocycles. The highest BCUT2D eigenvalue weighted by Crippen LogP contribution is 2.24. The van der Waals surface area contributed by atoms with Gasteiger partial charge in [-0.05, 0) is 36.2 Å². The lowest BCUT2D eigenvalue weighted by atomic mass is 10.1. The number of nitrogens with zero attached hydrogens (tertiary/aromatic N) is 5. The molecule has 0 spiro atoms. The Kier molecular flexibility index (Phi) is 4.98. The van der Waals surface area contributed by atoms with Gasteiger partial charge in [0.2, 0.25) is 5.82 Å². The number of benzene rings is 1. The second kappa shape index (κ2) is 7.35. The first-order valence-electron chi connectivity index (χ1n) is 8.33. The first-order valence-corrected chi connectivity index (χ1v) is 8.33. The van der Waals surface area contributed by atoms with E-state index < -0.39 is 0 Å². The number of halogens is 1. The van der Waals surface area contributed by atoms with Crippen molar-refractivity contribution < 1.29 is 9.18 Å². The fraction of sp³-hybridized carbons (Fsp3) is 0.333. The van der Waals surface area contributed by atoms with E-state index in [-0.39, 0.29) is 29.8 Å². The zero-order valence-corrected chi connectivity index (χ0v) is 14.6. The molecule has 1 saturated heterocycles. The van der Waals surface area contributed by atoms with Crippen LogP contribution in [0.5, 0.6) is 0 Å². The van der Waals surface area contributed by atoms with E-state index in [1.54, 1.807) is 28.0 Å². The molecule has 1 unspecified atom stereocenters.